The molecule has 3 nitrogen and oxygen atoms in total. The summed E-state index contributed by atoms with van der Waals surface area (Å²) >= 11 is 0. The molecule has 0 radical (unpaired) electrons. The number of benzene rings is 1. The lowest BCUT2D eigenvalue weighted by molar-refractivity contribution is 0.776. The average molecular weight is 269 g/mol. The van der Waals surface area contributed by atoms with Crippen molar-refractivity contribution in [2.75, 3.05) is 18.5 Å². The summed E-state index contributed by atoms with van der Waals surface area (Å²) in [5.74, 6) is 1.02. The fourth-order valence-corrected chi connectivity index (χ4v) is 2.19. The fourth-order valence-electron chi connectivity index (χ4n) is 2.19. The van der Waals surface area contributed by atoms with Gasteiger partial charge < -0.3 is 10.2 Å². The van der Waals surface area contributed by atoms with E-state index < -0.39 is 0 Å². The normalized spacial score (nSPS) is 10.5. The molecule has 0 aliphatic rings. The van der Waals surface area contributed by atoms with Gasteiger partial charge >= 0.3 is 0 Å². The van der Waals surface area contributed by atoms with Crippen LogP contribution in [0.3, 0.4) is 0 Å². The summed E-state index contributed by atoms with van der Waals surface area (Å²) in [6, 6.07) is 14.7. The molecular weight excluding hydrogens is 246 g/mol. The van der Waals surface area contributed by atoms with Crippen LogP contribution < -0.4 is 10.2 Å². The average Bonchev–Trinajstić information content (AvgIpc) is 2.51. The highest BCUT2D eigenvalue weighted by Crippen LogP contribution is 2.23. The maximum Gasteiger partial charge on any atom is 0.132 e. The third-order valence-electron chi connectivity index (χ3n) is 3.27. The van der Waals surface area contributed by atoms with E-state index in [1.165, 1.54) is 17.7 Å². The summed E-state index contributed by atoms with van der Waals surface area (Å²) in [6.07, 6.45) is 4.30. The second-order valence-electron chi connectivity index (χ2n) is 4.90. The van der Waals surface area contributed by atoms with Gasteiger partial charge in [0.05, 0.1) is 0 Å². The first-order valence-corrected chi connectivity index (χ1v) is 7.27. The Labute approximate surface area is 121 Å². The van der Waals surface area contributed by atoms with E-state index in [4.69, 9.17) is 0 Å². The summed E-state index contributed by atoms with van der Waals surface area (Å²) in [5.41, 5.74) is 2.41. The molecule has 0 aliphatic carbocycles. The van der Waals surface area contributed by atoms with Crippen LogP contribution in [0.5, 0.6) is 0 Å². The largest absolute Gasteiger partial charge is 0.326 e. The Hall–Kier alpha value is -1.87. The van der Waals surface area contributed by atoms with Crippen molar-refractivity contribution in [2.45, 2.75) is 26.3 Å². The van der Waals surface area contributed by atoms with Crippen LogP contribution in [0.1, 0.15) is 25.3 Å². The minimum absolute atomic E-state index is 0.855. The van der Waals surface area contributed by atoms with Crippen LogP contribution in [0.15, 0.2) is 48.7 Å². The first-order valence-electron chi connectivity index (χ1n) is 7.27. The lowest BCUT2D eigenvalue weighted by atomic mass is 10.2. The van der Waals surface area contributed by atoms with E-state index in [0.29, 0.717) is 0 Å². The molecule has 2 aromatic rings. The number of pyridine rings is 1. The first kappa shape index (κ1) is 14.5. The smallest absolute Gasteiger partial charge is 0.132 e. The minimum Gasteiger partial charge on any atom is -0.326 e. The van der Waals surface area contributed by atoms with Gasteiger partial charge in [-0.1, -0.05) is 37.6 Å². The van der Waals surface area contributed by atoms with Crippen molar-refractivity contribution in [1.82, 2.24) is 10.3 Å². The zero-order valence-corrected chi connectivity index (χ0v) is 12.3. The molecule has 0 aliphatic heterocycles. The molecule has 20 heavy (non-hydrogen) atoms. The highest BCUT2D eigenvalue weighted by Gasteiger charge is 2.09. The molecule has 0 amide bonds. The standard InChI is InChI=1S/C17H23N3/c1-3-4-12-20(16-8-6-5-7-9-16)17-11-10-15(13-18-2)14-19-17/h5-11,14,18H,3-4,12-13H2,1-2H3. The lowest BCUT2D eigenvalue weighted by Gasteiger charge is -2.24. The first-order chi connectivity index (χ1) is 9.85. The predicted octanol–water partition coefficient (Wildman–Crippen LogP) is 3.74. The number of hydrogen-bond acceptors (Lipinski definition) is 3. The van der Waals surface area contributed by atoms with Gasteiger partial charge in [-0.05, 0) is 37.2 Å². The van der Waals surface area contributed by atoms with E-state index in [1.807, 2.05) is 19.3 Å². The Morgan fingerprint density at radius 3 is 2.50 bits per heavy atom. The maximum atomic E-state index is 4.61. The Balaban J connectivity index is 2.22. The van der Waals surface area contributed by atoms with Crippen molar-refractivity contribution in [3.8, 4) is 0 Å². The maximum absolute atomic E-state index is 4.61. The molecule has 0 atom stereocenters. The molecule has 1 aromatic carbocycles. The van der Waals surface area contributed by atoms with Gasteiger partial charge in [0.2, 0.25) is 0 Å². The summed E-state index contributed by atoms with van der Waals surface area (Å²) in [6.45, 7) is 4.07. The van der Waals surface area contributed by atoms with Crippen LogP contribution >= 0.6 is 0 Å². The molecule has 1 N–H and O–H groups in total. The van der Waals surface area contributed by atoms with Gasteiger partial charge in [-0.2, -0.15) is 0 Å². The number of nitrogens with one attached hydrogen (secondary N) is 1. The number of rotatable bonds is 7. The molecular formula is C17H23N3. The molecule has 2 rings (SSSR count). The van der Waals surface area contributed by atoms with Crippen LogP contribution in [0.25, 0.3) is 0 Å². The summed E-state index contributed by atoms with van der Waals surface area (Å²) in [7, 11) is 1.95. The fraction of sp³-hybridized carbons (Fsp3) is 0.353. The van der Waals surface area contributed by atoms with E-state index >= 15 is 0 Å². The van der Waals surface area contributed by atoms with Gasteiger partial charge in [0, 0.05) is 25.0 Å². The third-order valence-corrected chi connectivity index (χ3v) is 3.27. The number of unbranched alkanes of at least 4 members (excludes halogenated alkanes) is 1. The van der Waals surface area contributed by atoms with Crippen molar-refractivity contribution in [3.05, 3.63) is 54.2 Å². The molecule has 0 unspecified atom stereocenters. The Morgan fingerprint density at radius 2 is 1.90 bits per heavy atom. The van der Waals surface area contributed by atoms with Crippen LogP contribution in [0.4, 0.5) is 11.5 Å². The Kier molecular flexibility index (Phi) is 5.56. The van der Waals surface area contributed by atoms with Gasteiger partial charge in [-0.25, -0.2) is 4.98 Å². The monoisotopic (exact) mass is 269 g/mol. The number of aromatic nitrogens is 1. The Morgan fingerprint density at radius 1 is 1.10 bits per heavy atom. The molecule has 0 saturated heterocycles. The van der Waals surface area contributed by atoms with E-state index in [0.717, 1.165) is 25.3 Å². The zero-order chi connectivity index (χ0) is 14.2. The van der Waals surface area contributed by atoms with Gasteiger partial charge in [-0.3, -0.25) is 0 Å². The highest BCUT2D eigenvalue weighted by molar-refractivity contribution is 5.59. The molecule has 0 bridgehead atoms. The van der Waals surface area contributed by atoms with Crippen LogP contribution in [0.2, 0.25) is 0 Å². The molecule has 3 heteroatoms. The third kappa shape index (κ3) is 3.81. The quantitative estimate of drug-likeness (QED) is 0.830. The van der Waals surface area contributed by atoms with Crippen LogP contribution in [0, 0.1) is 0 Å². The van der Waals surface area contributed by atoms with Crippen molar-refractivity contribution in [3.63, 3.8) is 0 Å². The highest BCUT2D eigenvalue weighted by atomic mass is 15.2. The second kappa shape index (κ2) is 7.65. The lowest BCUT2D eigenvalue weighted by Crippen LogP contribution is -2.19. The van der Waals surface area contributed by atoms with Crippen molar-refractivity contribution in [1.29, 1.82) is 0 Å². The van der Waals surface area contributed by atoms with Crippen molar-refractivity contribution < 1.29 is 0 Å². The molecule has 106 valence electrons. The van der Waals surface area contributed by atoms with E-state index in [9.17, 15) is 0 Å². The van der Waals surface area contributed by atoms with E-state index in [1.54, 1.807) is 0 Å². The number of nitrogens with zero attached hydrogens (tertiary/aromatic N) is 2. The van der Waals surface area contributed by atoms with Gasteiger partial charge in [0.1, 0.15) is 5.82 Å². The summed E-state index contributed by atoms with van der Waals surface area (Å²) < 4.78 is 0. The van der Waals surface area contributed by atoms with Crippen LogP contribution in [-0.4, -0.2) is 18.6 Å². The number of para-hydroxylation sites is 1. The number of anilines is 2. The SMILES string of the molecule is CCCCN(c1ccccc1)c1ccc(CNC)cn1. The summed E-state index contributed by atoms with van der Waals surface area (Å²) in [4.78, 5) is 6.90. The van der Waals surface area contributed by atoms with E-state index in [-0.39, 0.29) is 0 Å². The van der Waals surface area contributed by atoms with Crippen molar-refractivity contribution >= 4 is 11.5 Å². The van der Waals surface area contributed by atoms with Gasteiger partial charge in [0.25, 0.3) is 0 Å². The van der Waals surface area contributed by atoms with Gasteiger partial charge in [-0.15, -0.1) is 0 Å². The van der Waals surface area contributed by atoms with Crippen LogP contribution in [-0.2, 0) is 6.54 Å². The Bertz CT molecular complexity index is 493. The molecule has 1 aromatic heterocycles. The zero-order valence-electron chi connectivity index (χ0n) is 12.3. The number of hydrogen-bond donors (Lipinski definition) is 1. The van der Waals surface area contributed by atoms with Gasteiger partial charge in [0.15, 0.2) is 0 Å². The molecule has 0 fully saturated rings. The van der Waals surface area contributed by atoms with Crippen molar-refractivity contribution in [2.24, 2.45) is 0 Å². The summed E-state index contributed by atoms with van der Waals surface area (Å²) in [5, 5.41) is 3.15. The topological polar surface area (TPSA) is 28.2 Å². The minimum atomic E-state index is 0.855. The second-order valence-corrected chi connectivity index (χ2v) is 4.90. The predicted molar refractivity (Wildman–Crippen MR) is 85.4 cm³/mol. The molecule has 1 heterocycles. The molecule has 0 spiro atoms. The van der Waals surface area contributed by atoms with E-state index in [2.05, 4.69) is 58.5 Å². The molecule has 0 saturated carbocycles.